The smallest absolute Gasteiger partial charge is 0.428 e. The predicted molar refractivity (Wildman–Crippen MR) is 148 cm³/mol. The molecule has 8 heteroatoms. The van der Waals surface area contributed by atoms with Crippen molar-refractivity contribution in [2.75, 3.05) is 0 Å². The average molecular weight is 551 g/mol. The van der Waals surface area contributed by atoms with E-state index in [0.29, 0.717) is 14.7 Å². The zero-order valence-electron chi connectivity index (χ0n) is 21.7. The molecule has 0 spiro atoms. The van der Waals surface area contributed by atoms with Crippen LogP contribution >= 0.6 is 10.3 Å². The number of hydrogen-bond acceptors (Lipinski definition) is 6. The summed E-state index contributed by atoms with van der Waals surface area (Å²) in [6, 6.07) is 31.8. The Morgan fingerprint density at radius 2 is 1.08 bits per heavy atom. The second-order valence-corrected chi connectivity index (χ2v) is 14.0. The second-order valence-electron chi connectivity index (χ2n) is 9.56. The Bertz CT molecular complexity index is 1440. The van der Waals surface area contributed by atoms with Crippen molar-refractivity contribution in [2.24, 2.45) is 0 Å². The molecule has 4 aromatic carbocycles. The van der Waals surface area contributed by atoms with Gasteiger partial charge >= 0.3 is 16.3 Å². The van der Waals surface area contributed by atoms with Crippen molar-refractivity contribution in [1.82, 2.24) is 0 Å². The van der Waals surface area contributed by atoms with Crippen molar-refractivity contribution >= 4 is 26.6 Å². The normalized spacial score (nSPS) is 12.5. The summed E-state index contributed by atoms with van der Waals surface area (Å²) in [5.74, 6) is 0.263. The lowest BCUT2D eigenvalue weighted by Crippen LogP contribution is -2.25. The van der Waals surface area contributed by atoms with Gasteiger partial charge < -0.3 is 9.47 Å². The van der Waals surface area contributed by atoms with Gasteiger partial charge in [0.1, 0.15) is 11.4 Å². The highest BCUT2D eigenvalue weighted by atomic mass is 32.3. The molecule has 0 heterocycles. The molecule has 0 fully saturated rings. The van der Waals surface area contributed by atoms with Gasteiger partial charge in [-0.25, -0.2) is 8.42 Å². The van der Waals surface area contributed by atoms with E-state index in [1.807, 2.05) is 67.6 Å². The van der Waals surface area contributed by atoms with Crippen LogP contribution in [0.3, 0.4) is 0 Å². The molecule has 0 radical (unpaired) electrons. The fraction of sp³-hybridized carbons (Fsp3) is 0.167. The molecule has 0 bridgehead atoms. The number of benzene rings is 4. The molecule has 0 atom stereocenters. The second kappa shape index (κ2) is 11.0. The molecule has 0 aliphatic rings. The molecular weight excluding hydrogens is 520 g/mol. The van der Waals surface area contributed by atoms with Crippen LogP contribution in [0.15, 0.2) is 129 Å². The molecule has 4 aromatic rings. The highest BCUT2D eigenvalue weighted by Gasteiger charge is 2.38. The Labute approximate surface area is 225 Å². The van der Waals surface area contributed by atoms with E-state index in [2.05, 4.69) is 0 Å². The molecule has 0 saturated heterocycles. The molecule has 0 unspecified atom stereocenters. The van der Waals surface area contributed by atoms with Gasteiger partial charge in [0.25, 0.3) is 0 Å². The van der Waals surface area contributed by atoms with Crippen LogP contribution in [0.1, 0.15) is 26.3 Å². The molecular formula is C30H30O6S2. The van der Waals surface area contributed by atoms with Crippen LogP contribution in [0.5, 0.6) is 5.75 Å². The molecule has 0 aliphatic heterocycles. The van der Waals surface area contributed by atoms with E-state index >= 15 is 0 Å². The minimum absolute atomic E-state index is 0.0664. The van der Waals surface area contributed by atoms with E-state index in [1.54, 1.807) is 69.3 Å². The van der Waals surface area contributed by atoms with Crippen LogP contribution in [0.4, 0.5) is 4.79 Å². The van der Waals surface area contributed by atoms with Gasteiger partial charge in [-0.3, -0.25) is 0 Å². The number of aryl methyl sites for hydroxylation is 1. The quantitative estimate of drug-likeness (QED) is 0.172. The monoisotopic (exact) mass is 550 g/mol. The van der Waals surface area contributed by atoms with Crippen molar-refractivity contribution in [3.63, 3.8) is 0 Å². The van der Waals surface area contributed by atoms with Gasteiger partial charge in [0.05, 0.1) is 4.90 Å². The minimum atomic E-state index is -4.20. The van der Waals surface area contributed by atoms with Crippen LogP contribution in [0.25, 0.3) is 0 Å². The summed E-state index contributed by atoms with van der Waals surface area (Å²) in [7, 11) is -6.98. The first-order valence-corrected chi connectivity index (χ1v) is 14.9. The van der Waals surface area contributed by atoms with E-state index in [9.17, 15) is 13.2 Å². The third-order valence-corrected chi connectivity index (χ3v) is 10.6. The summed E-state index contributed by atoms with van der Waals surface area (Å²) in [6.07, 6.45) is -0.826. The van der Waals surface area contributed by atoms with Crippen LogP contribution in [0.2, 0.25) is 0 Å². The van der Waals surface area contributed by atoms with Crippen LogP contribution in [-0.4, -0.2) is 20.2 Å². The Hall–Kier alpha value is -3.59. The minimum Gasteiger partial charge on any atom is -0.428 e. The van der Waals surface area contributed by atoms with Crippen LogP contribution in [-0.2, 0) is 18.5 Å². The van der Waals surface area contributed by atoms with Crippen LogP contribution < -0.4 is 4.74 Å². The predicted octanol–water partition coefficient (Wildman–Crippen LogP) is 7.91. The topological polar surface area (TPSA) is 78.9 Å². The highest BCUT2D eigenvalue weighted by Crippen LogP contribution is 2.70. The molecule has 0 N–H and O–H groups in total. The number of carbonyl (C=O) groups excluding carboxylic acids is 1. The Morgan fingerprint density at radius 1 is 0.632 bits per heavy atom. The van der Waals surface area contributed by atoms with E-state index in [4.69, 9.17) is 13.1 Å². The largest absolute Gasteiger partial charge is 0.514 e. The van der Waals surface area contributed by atoms with Gasteiger partial charge in [0, 0.05) is 14.7 Å². The van der Waals surface area contributed by atoms with Gasteiger partial charge in [-0.05, 0) is 98.7 Å². The lowest BCUT2D eigenvalue weighted by atomic mass is 10.2. The fourth-order valence-electron chi connectivity index (χ4n) is 3.70. The third kappa shape index (κ3) is 6.27. The fourth-order valence-corrected chi connectivity index (χ4v) is 8.91. The van der Waals surface area contributed by atoms with Crippen molar-refractivity contribution in [3.05, 3.63) is 115 Å². The zero-order chi connectivity index (χ0) is 27.4. The van der Waals surface area contributed by atoms with Gasteiger partial charge in [0.15, 0.2) is 0 Å². The molecule has 198 valence electrons. The summed E-state index contributed by atoms with van der Waals surface area (Å²) in [6.45, 7) is 7.14. The van der Waals surface area contributed by atoms with Crippen LogP contribution in [0, 0.1) is 6.92 Å². The Morgan fingerprint density at radius 3 is 1.55 bits per heavy atom. The Kier molecular flexibility index (Phi) is 7.97. The maximum absolute atomic E-state index is 13.7. The maximum atomic E-state index is 13.7. The molecule has 6 nitrogen and oxygen atoms in total. The number of rotatable bonds is 7. The van der Waals surface area contributed by atoms with E-state index in [1.165, 1.54) is 0 Å². The summed E-state index contributed by atoms with van der Waals surface area (Å²) >= 11 is 0. The first kappa shape index (κ1) is 27.4. The van der Waals surface area contributed by atoms with Gasteiger partial charge in [-0.1, -0.05) is 54.1 Å². The van der Waals surface area contributed by atoms with Gasteiger partial charge in [-0.15, -0.1) is 0 Å². The lowest BCUT2D eigenvalue weighted by Gasteiger charge is -2.39. The third-order valence-electron chi connectivity index (χ3n) is 5.40. The standard InChI is InChI=1S/C30H30O6S2/c1-23-15-19-28(20-16-23)38(32,33)36-37(25-11-7-5-8-12-25,26-13-9-6-10-14-26)27-21-17-24(18-22-27)34-29(31)35-30(2,3)4/h5-22H,1-4H3. The molecule has 0 aliphatic carbocycles. The molecule has 38 heavy (non-hydrogen) atoms. The Balaban J connectivity index is 1.85. The first-order valence-electron chi connectivity index (χ1n) is 12.0. The molecule has 0 amide bonds. The zero-order valence-corrected chi connectivity index (χ0v) is 23.3. The first-order chi connectivity index (χ1) is 18.0. The molecule has 0 aromatic heterocycles. The summed E-state index contributed by atoms with van der Waals surface area (Å²) in [5, 5.41) is 0. The van der Waals surface area contributed by atoms with Crippen molar-refractivity contribution < 1.29 is 26.3 Å². The summed E-state index contributed by atoms with van der Waals surface area (Å²) in [4.78, 5) is 14.3. The molecule has 4 rings (SSSR count). The SMILES string of the molecule is Cc1ccc(S(=O)(=O)OS(c2ccccc2)(c2ccccc2)c2ccc(OC(=O)OC(C)(C)C)cc2)cc1. The highest BCUT2D eigenvalue weighted by molar-refractivity contribution is 8.33. The lowest BCUT2D eigenvalue weighted by molar-refractivity contribution is 0.0206. The van der Waals surface area contributed by atoms with E-state index < -0.39 is 32.2 Å². The average Bonchev–Trinajstić information content (AvgIpc) is 2.88. The van der Waals surface area contributed by atoms with Crippen molar-refractivity contribution in [2.45, 2.75) is 52.9 Å². The number of carbonyl (C=O) groups is 1. The number of ether oxygens (including phenoxy) is 2. The van der Waals surface area contributed by atoms with Gasteiger partial charge in [-0.2, -0.15) is 8.42 Å². The number of hydrogen-bond donors (Lipinski definition) is 0. The summed E-state index contributed by atoms with van der Waals surface area (Å²) < 4.78 is 44.4. The summed E-state index contributed by atoms with van der Waals surface area (Å²) in [5.41, 5.74) is 0.240. The van der Waals surface area contributed by atoms with Gasteiger partial charge in [0.2, 0.25) is 0 Å². The van der Waals surface area contributed by atoms with Crippen molar-refractivity contribution in [1.29, 1.82) is 0 Å². The van der Waals surface area contributed by atoms with Crippen molar-refractivity contribution in [3.8, 4) is 5.75 Å². The van der Waals surface area contributed by atoms with E-state index in [0.717, 1.165) is 5.56 Å². The molecule has 0 saturated carbocycles. The maximum Gasteiger partial charge on any atom is 0.514 e. The van der Waals surface area contributed by atoms with E-state index in [-0.39, 0.29) is 10.6 Å².